The van der Waals surface area contributed by atoms with Crippen LogP contribution in [0.25, 0.3) is 0 Å². The average molecular weight is 329 g/mol. The van der Waals surface area contributed by atoms with Crippen molar-refractivity contribution in [3.05, 3.63) is 70.7 Å². The third kappa shape index (κ3) is 3.60. The van der Waals surface area contributed by atoms with Crippen LogP contribution in [0.2, 0.25) is 5.02 Å². The highest BCUT2D eigenvalue weighted by molar-refractivity contribution is 6.30. The van der Waals surface area contributed by atoms with Gasteiger partial charge < -0.3 is 0 Å². The van der Waals surface area contributed by atoms with Gasteiger partial charge in [0, 0.05) is 30.2 Å². The summed E-state index contributed by atoms with van der Waals surface area (Å²) < 4.78 is 0. The Bertz CT molecular complexity index is 614. The number of piperazine rings is 1. The third-order valence-electron chi connectivity index (χ3n) is 5.05. The summed E-state index contributed by atoms with van der Waals surface area (Å²) in [5.74, 6) is 0. The van der Waals surface area contributed by atoms with Crippen LogP contribution in [0.5, 0.6) is 0 Å². The zero-order chi connectivity index (χ0) is 16.4. The lowest BCUT2D eigenvalue weighted by Gasteiger charge is -2.46. The van der Waals surface area contributed by atoms with Gasteiger partial charge in [-0.3, -0.25) is 9.80 Å². The standard InChI is InChI=1S/C20H25ClN2/c1-15-13-23(14-16(2)22(15)3)20(17-7-5-4-6-8-17)18-9-11-19(21)12-10-18/h4-12,15-16,20H,13-14H2,1-3H3. The molecule has 1 aliphatic rings. The highest BCUT2D eigenvalue weighted by atomic mass is 35.5. The van der Waals surface area contributed by atoms with Crippen molar-refractivity contribution < 1.29 is 0 Å². The molecule has 3 atom stereocenters. The van der Waals surface area contributed by atoms with Crippen molar-refractivity contribution >= 4 is 11.6 Å². The summed E-state index contributed by atoms with van der Waals surface area (Å²) in [4.78, 5) is 5.08. The Morgan fingerprint density at radius 3 is 1.96 bits per heavy atom. The largest absolute Gasteiger partial charge is 0.298 e. The van der Waals surface area contributed by atoms with Crippen LogP contribution in [0, 0.1) is 0 Å². The van der Waals surface area contributed by atoms with Crippen LogP contribution in [-0.4, -0.2) is 42.0 Å². The van der Waals surface area contributed by atoms with Crippen molar-refractivity contribution in [3.8, 4) is 0 Å². The topological polar surface area (TPSA) is 6.48 Å². The molecule has 0 aliphatic carbocycles. The predicted molar refractivity (Wildman–Crippen MR) is 98.0 cm³/mol. The number of likely N-dealkylation sites (N-methyl/N-ethyl adjacent to an activating group) is 1. The van der Waals surface area contributed by atoms with E-state index < -0.39 is 0 Å². The molecule has 2 nitrogen and oxygen atoms in total. The molecule has 1 fully saturated rings. The molecule has 0 aromatic heterocycles. The molecule has 1 heterocycles. The summed E-state index contributed by atoms with van der Waals surface area (Å²) in [6.45, 7) is 6.77. The Labute approximate surface area is 144 Å². The van der Waals surface area contributed by atoms with E-state index in [1.165, 1.54) is 11.1 Å². The normalized spacial score (nSPS) is 24.5. The lowest BCUT2D eigenvalue weighted by molar-refractivity contribution is 0.0428. The third-order valence-corrected chi connectivity index (χ3v) is 5.31. The first-order chi connectivity index (χ1) is 11.1. The van der Waals surface area contributed by atoms with Crippen molar-refractivity contribution in [2.75, 3.05) is 20.1 Å². The van der Waals surface area contributed by atoms with Crippen LogP contribution >= 0.6 is 11.6 Å². The summed E-state index contributed by atoms with van der Waals surface area (Å²) in [6, 6.07) is 20.5. The number of halogens is 1. The van der Waals surface area contributed by atoms with Crippen LogP contribution < -0.4 is 0 Å². The summed E-state index contributed by atoms with van der Waals surface area (Å²) in [5, 5.41) is 0.792. The summed E-state index contributed by atoms with van der Waals surface area (Å²) in [7, 11) is 2.23. The van der Waals surface area contributed by atoms with Crippen molar-refractivity contribution in [2.45, 2.75) is 32.0 Å². The van der Waals surface area contributed by atoms with Crippen molar-refractivity contribution in [1.82, 2.24) is 9.80 Å². The van der Waals surface area contributed by atoms with E-state index in [0.717, 1.165) is 18.1 Å². The number of hydrogen-bond donors (Lipinski definition) is 0. The smallest absolute Gasteiger partial charge is 0.0602 e. The predicted octanol–water partition coefficient (Wildman–Crippen LogP) is 4.45. The fourth-order valence-electron chi connectivity index (χ4n) is 3.55. The highest BCUT2D eigenvalue weighted by Crippen LogP contribution is 2.32. The van der Waals surface area contributed by atoms with E-state index in [1.807, 2.05) is 12.1 Å². The summed E-state index contributed by atoms with van der Waals surface area (Å²) >= 11 is 6.09. The Morgan fingerprint density at radius 1 is 0.870 bits per heavy atom. The minimum Gasteiger partial charge on any atom is -0.298 e. The van der Waals surface area contributed by atoms with Gasteiger partial charge in [-0.25, -0.2) is 0 Å². The van der Waals surface area contributed by atoms with Gasteiger partial charge in [0.2, 0.25) is 0 Å². The molecule has 0 bridgehead atoms. The minimum absolute atomic E-state index is 0.284. The van der Waals surface area contributed by atoms with Gasteiger partial charge in [0.25, 0.3) is 0 Å². The molecule has 3 rings (SSSR count). The monoisotopic (exact) mass is 328 g/mol. The highest BCUT2D eigenvalue weighted by Gasteiger charge is 2.32. The molecule has 3 heteroatoms. The second-order valence-electron chi connectivity index (χ2n) is 6.68. The van der Waals surface area contributed by atoms with Gasteiger partial charge in [0.15, 0.2) is 0 Å². The molecule has 2 aromatic carbocycles. The van der Waals surface area contributed by atoms with Gasteiger partial charge in [0.05, 0.1) is 6.04 Å². The van der Waals surface area contributed by atoms with E-state index in [0.29, 0.717) is 12.1 Å². The average Bonchev–Trinajstić information content (AvgIpc) is 2.55. The maximum atomic E-state index is 6.09. The first kappa shape index (κ1) is 16.5. The molecular weight excluding hydrogens is 304 g/mol. The quantitative estimate of drug-likeness (QED) is 0.821. The van der Waals surface area contributed by atoms with Crippen LogP contribution in [-0.2, 0) is 0 Å². The van der Waals surface area contributed by atoms with Crippen LogP contribution in [0.15, 0.2) is 54.6 Å². The van der Waals surface area contributed by atoms with Crippen molar-refractivity contribution in [3.63, 3.8) is 0 Å². The maximum absolute atomic E-state index is 6.09. The Hall–Kier alpha value is -1.35. The van der Waals surface area contributed by atoms with Gasteiger partial charge in [-0.15, -0.1) is 0 Å². The van der Waals surface area contributed by atoms with Gasteiger partial charge in [-0.05, 0) is 44.2 Å². The maximum Gasteiger partial charge on any atom is 0.0602 e. The van der Waals surface area contributed by atoms with Crippen molar-refractivity contribution in [1.29, 1.82) is 0 Å². The molecule has 0 N–H and O–H groups in total. The Morgan fingerprint density at radius 2 is 1.39 bits per heavy atom. The lowest BCUT2D eigenvalue weighted by atomic mass is 9.94. The van der Waals surface area contributed by atoms with Gasteiger partial charge in [-0.1, -0.05) is 54.1 Å². The van der Waals surface area contributed by atoms with Gasteiger partial charge in [-0.2, -0.15) is 0 Å². The van der Waals surface area contributed by atoms with Crippen LogP contribution in [0.1, 0.15) is 31.0 Å². The first-order valence-electron chi connectivity index (χ1n) is 8.32. The Kier molecular flexibility index (Phi) is 5.05. The first-order valence-corrected chi connectivity index (χ1v) is 8.70. The number of rotatable bonds is 3. The zero-order valence-electron chi connectivity index (χ0n) is 14.1. The zero-order valence-corrected chi connectivity index (χ0v) is 14.9. The molecule has 122 valence electrons. The van der Waals surface area contributed by atoms with Crippen LogP contribution in [0.3, 0.4) is 0 Å². The molecule has 0 amide bonds. The second-order valence-corrected chi connectivity index (χ2v) is 7.12. The number of nitrogens with zero attached hydrogens (tertiary/aromatic N) is 2. The number of benzene rings is 2. The molecule has 0 spiro atoms. The van der Waals surface area contributed by atoms with E-state index in [1.54, 1.807) is 0 Å². The molecule has 3 unspecified atom stereocenters. The van der Waals surface area contributed by atoms with Gasteiger partial charge in [0.1, 0.15) is 0 Å². The SMILES string of the molecule is CC1CN(C(c2ccccc2)c2ccc(Cl)cc2)CC(C)N1C. The molecule has 23 heavy (non-hydrogen) atoms. The number of hydrogen-bond acceptors (Lipinski definition) is 2. The second kappa shape index (κ2) is 7.04. The van der Waals surface area contributed by atoms with E-state index >= 15 is 0 Å². The molecule has 1 saturated heterocycles. The van der Waals surface area contributed by atoms with E-state index in [2.05, 4.69) is 73.2 Å². The fraction of sp³-hybridized carbons (Fsp3) is 0.400. The van der Waals surface area contributed by atoms with E-state index in [4.69, 9.17) is 11.6 Å². The van der Waals surface area contributed by atoms with E-state index in [9.17, 15) is 0 Å². The van der Waals surface area contributed by atoms with Crippen molar-refractivity contribution in [2.24, 2.45) is 0 Å². The van der Waals surface area contributed by atoms with E-state index in [-0.39, 0.29) is 6.04 Å². The summed E-state index contributed by atoms with van der Waals surface area (Å²) in [6.07, 6.45) is 0. The van der Waals surface area contributed by atoms with Crippen LogP contribution in [0.4, 0.5) is 0 Å². The molecular formula is C20H25ClN2. The molecule has 1 aliphatic heterocycles. The minimum atomic E-state index is 0.284. The van der Waals surface area contributed by atoms with Gasteiger partial charge >= 0.3 is 0 Å². The molecule has 2 aromatic rings. The lowest BCUT2D eigenvalue weighted by Crippen LogP contribution is -2.55. The molecule has 0 saturated carbocycles. The summed E-state index contributed by atoms with van der Waals surface area (Å²) in [5.41, 5.74) is 2.66. The fourth-order valence-corrected chi connectivity index (χ4v) is 3.68. The Balaban J connectivity index is 1.97. The molecule has 0 radical (unpaired) electrons.